The maximum absolute atomic E-state index is 13.1. The van der Waals surface area contributed by atoms with Gasteiger partial charge in [-0.05, 0) is 37.7 Å². The van der Waals surface area contributed by atoms with Crippen molar-refractivity contribution in [3.05, 3.63) is 46.6 Å². The van der Waals surface area contributed by atoms with Gasteiger partial charge in [0.25, 0.3) is 0 Å². The minimum atomic E-state index is -0.437. The smallest absolute Gasteiger partial charge is 0.141 e. The van der Waals surface area contributed by atoms with Gasteiger partial charge in [-0.15, -0.1) is 0 Å². The van der Waals surface area contributed by atoms with Gasteiger partial charge in [-0.25, -0.2) is 14.4 Å². The van der Waals surface area contributed by atoms with Crippen LogP contribution in [0.3, 0.4) is 0 Å². The highest BCUT2D eigenvalue weighted by Crippen LogP contribution is 2.24. The van der Waals surface area contributed by atoms with E-state index in [1.807, 2.05) is 13.0 Å². The molecular formula is C13H13ClFN3. The highest BCUT2D eigenvalue weighted by molar-refractivity contribution is 6.31. The van der Waals surface area contributed by atoms with Gasteiger partial charge in [0.15, 0.2) is 0 Å². The molecule has 1 aromatic heterocycles. The Balaban J connectivity index is 2.46. The Hall–Kier alpha value is -1.52. The monoisotopic (exact) mass is 265 g/mol. The molecule has 0 saturated heterocycles. The molecule has 0 unspecified atom stereocenters. The Morgan fingerprint density at radius 3 is 2.72 bits per heavy atom. The number of aromatic nitrogens is 2. The van der Waals surface area contributed by atoms with Crippen molar-refractivity contribution in [2.24, 2.45) is 5.73 Å². The standard InChI is InChI=1S/C13H13ClFN3/c1-8-6-12(18-13(17-8)4-5-16)9-2-3-11(15)10(14)7-9/h2-3,6-7H,4-5,16H2,1H3. The largest absolute Gasteiger partial charge is 0.330 e. The maximum atomic E-state index is 13.1. The zero-order valence-electron chi connectivity index (χ0n) is 9.95. The van der Waals surface area contributed by atoms with Crippen LogP contribution < -0.4 is 5.73 Å². The summed E-state index contributed by atoms with van der Waals surface area (Å²) in [7, 11) is 0. The molecule has 0 aliphatic heterocycles. The van der Waals surface area contributed by atoms with Crippen LogP contribution in [0, 0.1) is 12.7 Å². The minimum absolute atomic E-state index is 0.0872. The van der Waals surface area contributed by atoms with Crippen LogP contribution in [0.15, 0.2) is 24.3 Å². The predicted molar refractivity (Wildman–Crippen MR) is 69.9 cm³/mol. The van der Waals surface area contributed by atoms with Gasteiger partial charge in [-0.1, -0.05) is 11.6 Å². The molecule has 0 amide bonds. The molecular weight excluding hydrogens is 253 g/mol. The first-order valence-corrected chi connectivity index (χ1v) is 5.98. The van der Waals surface area contributed by atoms with Crippen LogP contribution in [0.2, 0.25) is 5.02 Å². The average Bonchev–Trinajstić information content (AvgIpc) is 2.32. The Morgan fingerprint density at radius 1 is 1.28 bits per heavy atom. The minimum Gasteiger partial charge on any atom is -0.330 e. The number of rotatable bonds is 3. The van der Waals surface area contributed by atoms with E-state index in [-0.39, 0.29) is 5.02 Å². The SMILES string of the molecule is Cc1cc(-c2ccc(F)c(Cl)c2)nc(CCN)n1. The van der Waals surface area contributed by atoms with Gasteiger partial charge in [-0.3, -0.25) is 0 Å². The summed E-state index contributed by atoms with van der Waals surface area (Å²) in [5.41, 5.74) is 7.84. The van der Waals surface area contributed by atoms with Crippen molar-refractivity contribution in [2.45, 2.75) is 13.3 Å². The van der Waals surface area contributed by atoms with Gasteiger partial charge in [0.2, 0.25) is 0 Å². The summed E-state index contributed by atoms with van der Waals surface area (Å²) in [5, 5.41) is 0.0872. The second kappa shape index (κ2) is 5.42. The van der Waals surface area contributed by atoms with E-state index in [9.17, 15) is 4.39 Å². The first kappa shape index (κ1) is 12.9. The molecule has 0 saturated carbocycles. The summed E-state index contributed by atoms with van der Waals surface area (Å²) in [6, 6.07) is 6.38. The highest BCUT2D eigenvalue weighted by Gasteiger charge is 2.07. The molecule has 1 aromatic carbocycles. The number of aryl methyl sites for hydroxylation is 1. The third-order valence-electron chi connectivity index (χ3n) is 2.48. The van der Waals surface area contributed by atoms with Gasteiger partial charge in [0, 0.05) is 17.7 Å². The number of halogens is 2. The first-order valence-electron chi connectivity index (χ1n) is 5.60. The zero-order valence-corrected chi connectivity index (χ0v) is 10.7. The Bertz CT molecular complexity index is 572. The Morgan fingerprint density at radius 2 is 2.06 bits per heavy atom. The average molecular weight is 266 g/mol. The van der Waals surface area contributed by atoms with Gasteiger partial charge in [0.1, 0.15) is 11.6 Å². The van der Waals surface area contributed by atoms with Crippen molar-refractivity contribution in [1.29, 1.82) is 0 Å². The zero-order chi connectivity index (χ0) is 13.1. The van der Waals surface area contributed by atoms with E-state index in [4.69, 9.17) is 17.3 Å². The molecule has 2 aromatic rings. The van der Waals surface area contributed by atoms with E-state index in [0.717, 1.165) is 17.0 Å². The number of nitrogens with two attached hydrogens (primary N) is 1. The number of benzene rings is 1. The van der Waals surface area contributed by atoms with E-state index in [2.05, 4.69) is 9.97 Å². The van der Waals surface area contributed by atoms with Crippen LogP contribution in [-0.4, -0.2) is 16.5 Å². The molecule has 0 atom stereocenters. The van der Waals surface area contributed by atoms with E-state index in [1.54, 1.807) is 12.1 Å². The molecule has 0 fully saturated rings. The fourth-order valence-electron chi connectivity index (χ4n) is 1.67. The number of nitrogens with zero attached hydrogens (tertiary/aromatic N) is 2. The quantitative estimate of drug-likeness (QED) is 0.928. The topological polar surface area (TPSA) is 51.8 Å². The summed E-state index contributed by atoms with van der Waals surface area (Å²) in [6.07, 6.45) is 0.615. The molecule has 1 heterocycles. The Labute approximate surface area is 110 Å². The van der Waals surface area contributed by atoms with Gasteiger partial charge in [-0.2, -0.15) is 0 Å². The van der Waals surface area contributed by atoms with E-state index < -0.39 is 5.82 Å². The predicted octanol–water partition coefficient (Wildman–Crippen LogP) is 2.75. The molecule has 94 valence electrons. The summed E-state index contributed by atoms with van der Waals surface area (Å²) in [6.45, 7) is 2.38. The van der Waals surface area contributed by atoms with E-state index >= 15 is 0 Å². The Kier molecular flexibility index (Phi) is 3.89. The third kappa shape index (κ3) is 2.83. The molecule has 18 heavy (non-hydrogen) atoms. The van der Waals surface area contributed by atoms with Crippen LogP contribution in [0.4, 0.5) is 4.39 Å². The molecule has 2 N–H and O–H groups in total. The summed E-state index contributed by atoms with van der Waals surface area (Å²) >= 11 is 5.77. The molecule has 3 nitrogen and oxygen atoms in total. The number of hydrogen-bond donors (Lipinski definition) is 1. The van der Waals surface area contributed by atoms with Crippen molar-refractivity contribution in [1.82, 2.24) is 9.97 Å². The lowest BCUT2D eigenvalue weighted by Crippen LogP contribution is -2.07. The molecule has 0 spiro atoms. The molecule has 0 aliphatic rings. The van der Waals surface area contributed by atoms with Gasteiger partial charge >= 0.3 is 0 Å². The molecule has 0 radical (unpaired) electrons. The fourth-order valence-corrected chi connectivity index (χ4v) is 1.85. The van der Waals surface area contributed by atoms with Crippen molar-refractivity contribution >= 4 is 11.6 Å². The molecule has 2 rings (SSSR count). The van der Waals surface area contributed by atoms with E-state index in [0.29, 0.717) is 18.8 Å². The van der Waals surface area contributed by atoms with Crippen molar-refractivity contribution in [3.63, 3.8) is 0 Å². The lowest BCUT2D eigenvalue weighted by Gasteiger charge is -2.06. The van der Waals surface area contributed by atoms with Crippen LogP contribution in [0.5, 0.6) is 0 Å². The molecule has 0 bridgehead atoms. The third-order valence-corrected chi connectivity index (χ3v) is 2.77. The van der Waals surface area contributed by atoms with Crippen molar-refractivity contribution in [3.8, 4) is 11.3 Å². The number of hydrogen-bond acceptors (Lipinski definition) is 3. The lowest BCUT2D eigenvalue weighted by atomic mass is 10.1. The van der Waals surface area contributed by atoms with Crippen LogP contribution in [0.1, 0.15) is 11.5 Å². The summed E-state index contributed by atoms with van der Waals surface area (Å²) < 4.78 is 13.1. The highest BCUT2D eigenvalue weighted by atomic mass is 35.5. The van der Waals surface area contributed by atoms with Crippen LogP contribution in [-0.2, 0) is 6.42 Å². The summed E-state index contributed by atoms with van der Waals surface area (Å²) in [5.74, 6) is 0.251. The van der Waals surface area contributed by atoms with Crippen LogP contribution >= 0.6 is 11.6 Å². The summed E-state index contributed by atoms with van der Waals surface area (Å²) in [4.78, 5) is 8.68. The van der Waals surface area contributed by atoms with Gasteiger partial charge in [0.05, 0.1) is 10.7 Å². The van der Waals surface area contributed by atoms with Crippen molar-refractivity contribution in [2.75, 3.05) is 6.54 Å². The lowest BCUT2D eigenvalue weighted by molar-refractivity contribution is 0.628. The van der Waals surface area contributed by atoms with Gasteiger partial charge < -0.3 is 5.73 Å². The molecule has 0 aliphatic carbocycles. The second-order valence-electron chi connectivity index (χ2n) is 3.98. The fraction of sp³-hybridized carbons (Fsp3) is 0.231. The van der Waals surface area contributed by atoms with Crippen molar-refractivity contribution < 1.29 is 4.39 Å². The molecule has 5 heteroatoms. The maximum Gasteiger partial charge on any atom is 0.141 e. The normalized spacial score (nSPS) is 10.7. The second-order valence-corrected chi connectivity index (χ2v) is 4.39. The van der Waals surface area contributed by atoms with E-state index in [1.165, 1.54) is 6.07 Å². The first-order chi connectivity index (χ1) is 8.60. The van der Waals surface area contributed by atoms with Crippen LogP contribution in [0.25, 0.3) is 11.3 Å².